The number of rotatable bonds is 5. The normalized spacial score (nSPS) is 21.9. The average molecular weight is 363 g/mol. The highest BCUT2D eigenvalue weighted by Gasteiger charge is 2.55. The number of aliphatic carboxylic acids is 2. The second kappa shape index (κ2) is 6.77. The lowest BCUT2D eigenvalue weighted by molar-refractivity contribution is -0.145. The van der Waals surface area contributed by atoms with Crippen molar-refractivity contribution in [3.05, 3.63) is 12.3 Å². The molecule has 2 aliphatic rings. The zero-order valence-corrected chi connectivity index (χ0v) is 14.4. The zero-order chi connectivity index (χ0) is 18.9. The lowest BCUT2D eigenvalue weighted by atomic mass is 9.77. The maximum Gasteiger partial charge on any atom is 0.322 e. The number of nitrogens with one attached hydrogen (secondary N) is 1. The first kappa shape index (κ1) is 17.9. The summed E-state index contributed by atoms with van der Waals surface area (Å²) in [4.78, 5) is 46.4. The van der Waals surface area contributed by atoms with Crippen molar-refractivity contribution in [3.63, 3.8) is 0 Å². The molecule has 1 unspecified atom stereocenters. The summed E-state index contributed by atoms with van der Waals surface area (Å²) in [6.07, 6.45) is 2.61. The summed E-state index contributed by atoms with van der Waals surface area (Å²) >= 11 is 0. The van der Waals surface area contributed by atoms with Crippen LogP contribution in [0.15, 0.2) is 12.3 Å². The topological polar surface area (TPSA) is 136 Å². The van der Waals surface area contributed by atoms with Gasteiger partial charge in [0, 0.05) is 32.8 Å². The quantitative estimate of drug-likeness (QED) is 0.653. The van der Waals surface area contributed by atoms with E-state index < -0.39 is 23.4 Å². The van der Waals surface area contributed by atoms with Crippen LogP contribution in [-0.2, 0) is 14.4 Å². The van der Waals surface area contributed by atoms with Crippen LogP contribution in [0, 0.1) is 5.92 Å². The van der Waals surface area contributed by atoms with E-state index >= 15 is 0 Å². The second-order valence-corrected chi connectivity index (χ2v) is 6.63. The van der Waals surface area contributed by atoms with Crippen LogP contribution in [0.1, 0.15) is 19.3 Å². The molecule has 3 N–H and O–H groups in total. The number of hydrogen-bond donors (Lipinski definition) is 3. The van der Waals surface area contributed by atoms with E-state index in [0.29, 0.717) is 37.7 Å². The van der Waals surface area contributed by atoms with Gasteiger partial charge in [-0.2, -0.15) is 4.98 Å². The smallest absolute Gasteiger partial charge is 0.322 e. The van der Waals surface area contributed by atoms with Crippen molar-refractivity contribution in [3.8, 4) is 0 Å². The number of carboxylic acids is 2. The fourth-order valence-electron chi connectivity index (χ4n) is 3.84. The van der Waals surface area contributed by atoms with E-state index in [9.17, 15) is 19.5 Å². The minimum absolute atomic E-state index is 0.0386. The van der Waals surface area contributed by atoms with E-state index in [-0.39, 0.29) is 18.9 Å². The Hall–Kier alpha value is -2.91. The molecule has 0 saturated carbocycles. The van der Waals surface area contributed by atoms with Gasteiger partial charge in [-0.05, 0) is 18.9 Å². The Morgan fingerprint density at radius 3 is 2.65 bits per heavy atom. The Balaban J connectivity index is 1.72. The standard InChI is InChI=1S/C16H21N5O5/c1-20-12(22)8-10(14(25)26)16(20)3-6-21(7-4-16)15-17-5-2-11(19-15)18-9-13(23)24/h2,5,10H,3-4,6-9H2,1H3,(H,23,24)(H,25,26)(H,17,18,19). The maximum atomic E-state index is 12.1. The molecule has 2 fully saturated rings. The Labute approximate surface area is 149 Å². The molecule has 2 saturated heterocycles. The molecule has 2 aliphatic heterocycles. The number of carbonyl (C=O) groups excluding carboxylic acids is 1. The summed E-state index contributed by atoms with van der Waals surface area (Å²) in [5.41, 5.74) is -0.668. The van der Waals surface area contributed by atoms with E-state index in [1.807, 2.05) is 4.90 Å². The van der Waals surface area contributed by atoms with Gasteiger partial charge in [0.05, 0.1) is 11.5 Å². The number of likely N-dealkylation sites (tertiary alicyclic amines) is 1. The highest BCUT2D eigenvalue weighted by Crippen LogP contribution is 2.43. The van der Waals surface area contributed by atoms with Gasteiger partial charge in [0.1, 0.15) is 12.4 Å². The Bertz CT molecular complexity index is 731. The Kier molecular flexibility index (Phi) is 4.66. The monoisotopic (exact) mass is 363 g/mol. The number of carboxylic acid groups (broad SMARTS) is 2. The van der Waals surface area contributed by atoms with Crippen LogP contribution in [0.2, 0.25) is 0 Å². The van der Waals surface area contributed by atoms with Gasteiger partial charge < -0.3 is 25.3 Å². The predicted octanol–water partition coefficient (Wildman–Crippen LogP) is -0.125. The SMILES string of the molecule is CN1C(=O)CC(C(=O)O)C12CCN(c1nccc(NCC(=O)O)n1)CC2. The second-order valence-electron chi connectivity index (χ2n) is 6.63. The number of amides is 1. The third kappa shape index (κ3) is 3.14. The van der Waals surface area contributed by atoms with E-state index in [2.05, 4.69) is 15.3 Å². The van der Waals surface area contributed by atoms with Gasteiger partial charge in [-0.3, -0.25) is 14.4 Å². The van der Waals surface area contributed by atoms with Crippen molar-refractivity contribution in [2.75, 3.05) is 36.9 Å². The number of hydrogen-bond acceptors (Lipinski definition) is 7. The lowest BCUT2D eigenvalue weighted by Crippen LogP contribution is -2.56. The van der Waals surface area contributed by atoms with Crippen molar-refractivity contribution in [2.24, 2.45) is 5.92 Å². The molecule has 0 aliphatic carbocycles. The molecule has 0 aromatic carbocycles. The van der Waals surface area contributed by atoms with E-state index in [0.717, 1.165) is 0 Å². The molecule has 3 rings (SSSR count). The molecule has 1 amide bonds. The van der Waals surface area contributed by atoms with E-state index in [1.165, 1.54) is 0 Å². The number of aromatic nitrogens is 2. The maximum absolute atomic E-state index is 12.1. The van der Waals surface area contributed by atoms with Gasteiger partial charge in [0.15, 0.2) is 0 Å². The molecular weight excluding hydrogens is 342 g/mol. The molecule has 10 nitrogen and oxygen atoms in total. The lowest BCUT2D eigenvalue weighted by Gasteiger charge is -2.45. The molecule has 0 radical (unpaired) electrons. The van der Waals surface area contributed by atoms with Crippen LogP contribution in [0.5, 0.6) is 0 Å². The first-order chi connectivity index (χ1) is 12.3. The third-order valence-electron chi connectivity index (χ3n) is 5.34. The molecule has 1 atom stereocenters. The summed E-state index contributed by atoms with van der Waals surface area (Å²) in [5.74, 6) is -1.90. The molecule has 26 heavy (non-hydrogen) atoms. The van der Waals surface area contributed by atoms with Crippen molar-refractivity contribution in [2.45, 2.75) is 24.8 Å². The first-order valence-electron chi connectivity index (χ1n) is 8.36. The summed E-state index contributed by atoms with van der Waals surface area (Å²) in [6.45, 7) is 0.792. The van der Waals surface area contributed by atoms with E-state index in [4.69, 9.17) is 5.11 Å². The number of anilines is 2. The first-order valence-corrected chi connectivity index (χ1v) is 8.36. The molecule has 3 heterocycles. The minimum Gasteiger partial charge on any atom is -0.481 e. The van der Waals surface area contributed by atoms with Crippen LogP contribution in [0.25, 0.3) is 0 Å². The van der Waals surface area contributed by atoms with Gasteiger partial charge in [0.25, 0.3) is 0 Å². The van der Waals surface area contributed by atoms with Crippen molar-refractivity contribution < 1.29 is 24.6 Å². The van der Waals surface area contributed by atoms with Crippen LogP contribution < -0.4 is 10.2 Å². The molecule has 140 valence electrons. The summed E-state index contributed by atoms with van der Waals surface area (Å²) < 4.78 is 0. The largest absolute Gasteiger partial charge is 0.481 e. The van der Waals surface area contributed by atoms with Gasteiger partial charge >= 0.3 is 11.9 Å². The number of nitrogens with zero attached hydrogens (tertiary/aromatic N) is 4. The van der Waals surface area contributed by atoms with Crippen molar-refractivity contribution in [1.29, 1.82) is 0 Å². The van der Waals surface area contributed by atoms with Crippen molar-refractivity contribution in [1.82, 2.24) is 14.9 Å². The number of piperidine rings is 1. The molecule has 1 aromatic rings. The summed E-state index contributed by atoms with van der Waals surface area (Å²) in [7, 11) is 1.67. The molecule has 10 heteroatoms. The van der Waals surface area contributed by atoms with Crippen LogP contribution in [0.3, 0.4) is 0 Å². The highest BCUT2D eigenvalue weighted by atomic mass is 16.4. The fourth-order valence-corrected chi connectivity index (χ4v) is 3.84. The average Bonchev–Trinajstić information content (AvgIpc) is 2.86. The van der Waals surface area contributed by atoms with E-state index in [1.54, 1.807) is 24.2 Å². The van der Waals surface area contributed by atoms with Crippen LogP contribution in [-0.4, -0.2) is 75.1 Å². The third-order valence-corrected chi connectivity index (χ3v) is 5.34. The summed E-state index contributed by atoms with van der Waals surface area (Å²) in [5, 5.41) is 20.9. The molecule has 0 bridgehead atoms. The number of carbonyl (C=O) groups is 3. The summed E-state index contributed by atoms with van der Waals surface area (Å²) in [6, 6.07) is 1.59. The van der Waals surface area contributed by atoms with Gasteiger partial charge in [0.2, 0.25) is 11.9 Å². The van der Waals surface area contributed by atoms with Gasteiger partial charge in [-0.1, -0.05) is 0 Å². The fraction of sp³-hybridized carbons (Fsp3) is 0.562. The van der Waals surface area contributed by atoms with Gasteiger partial charge in [-0.25, -0.2) is 4.98 Å². The van der Waals surface area contributed by atoms with Gasteiger partial charge in [-0.15, -0.1) is 0 Å². The zero-order valence-electron chi connectivity index (χ0n) is 14.4. The predicted molar refractivity (Wildman–Crippen MR) is 90.8 cm³/mol. The highest BCUT2D eigenvalue weighted by molar-refractivity contribution is 5.88. The Morgan fingerprint density at radius 1 is 1.35 bits per heavy atom. The van der Waals surface area contributed by atoms with Crippen LogP contribution in [0.4, 0.5) is 11.8 Å². The van der Waals surface area contributed by atoms with Crippen molar-refractivity contribution >= 4 is 29.6 Å². The minimum atomic E-state index is -0.987. The molecular formula is C16H21N5O5. The van der Waals surface area contributed by atoms with Crippen LogP contribution >= 0.6 is 0 Å². The molecule has 1 spiro atoms. The molecule has 1 aromatic heterocycles. The Morgan fingerprint density at radius 2 is 2.04 bits per heavy atom.